The van der Waals surface area contributed by atoms with Crippen LogP contribution in [0.15, 0.2) is 104 Å². The molecule has 4 aromatic heterocycles. The molecule has 0 aliphatic carbocycles. The molecule has 40 heavy (non-hydrogen) atoms. The summed E-state index contributed by atoms with van der Waals surface area (Å²) in [4.78, 5) is 19.1. The molecule has 0 saturated heterocycles. The summed E-state index contributed by atoms with van der Waals surface area (Å²) < 4.78 is 54.0. The van der Waals surface area contributed by atoms with E-state index in [2.05, 4.69) is 19.9 Å². The third-order valence-corrected chi connectivity index (χ3v) is 6.79. The number of hydrogen-bond donors (Lipinski definition) is 0. The number of anilines is 6. The van der Waals surface area contributed by atoms with Gasteiger partial charge in [0, 0.05) is 32.3 Å². The largest absolute Gasteiger partial charge is 0.427 e. The lowest BCUT2D eigenvalue weighted by atomic mass is 9.91. The Bertz CT molecular complexity index is 1870. The van der Waals surface area contributed by atoms with E-state index in [-0.39, 0.29) is 23.5 Å². The van der Waals surface area contributed by atoms with Crippen molar-refractivity contribution >= 4 is 67.2 Å². The molecule has 194 valence electrons. The van der Waals surface area contributed by atoms with Crippen LogP contribution in [0.25, 0.3) is 32.3 Å². The molecule has 0 aliphatic heterocycles. The summed E-state index contributed by atoms with van der Waals surface area (Å²) >= 11 is 0. The van der Waals surface area contributed by atoms with E-state index in [9.17, 15) is 0 Å². The Morgan fingerprint density at radius 3 is 1.10 bits per heavy atom. The standard InChI is InChI=1S/C28H14F2N6O4/c29-19-5-22(36(25-9-33-13-39-25)26-10-34-14-40-26)18-4-2-16-20(30)6-21(17-3-1-15(19)27(18)28(16)17)35(23-7-31-11-37-23)24-8-32-12-38-24/h1-14H. The van der Waals surface area contributed by atoms with Gasteiger partial charge in [0.2, 0.25) is 23.5 Å². The zero-order valence-electron chi connectivity index (χ0n) is 20.2. The summed E-state index contributed by atoms with van der Waals surface area (Å²) in [5.41, 5.74) is 0.780. The van der Waals surface area contributed by atoms with Gasteiger partial charge < -0.3 is 17.7 Å². The quantitative estimate of drug-likeness (QED) is 0.196. The van der Waals surface area contributed by atoms with Crippen LogP contribution < -0.4 is 9.80 Å². The average Bonchev–Trinajstić information content (AvgIpc) is 3.80. The van der Waals surface area contributed by atoms with E-state index in [1.807, 2.05) is 0 Å². The van der Waals surface area contributed by atoms with Gasteiger partial charge in [-0.05, 0) is 12.1 Å². The van der Waals surface area contributed by atoms with Crippen molar-refractivity contribution in [3.8, 4) is 0 Å². The monoisotopic (exact) mass is 536 g/mol. The number of nitrogens with zero attached hydrogens (tertiary/aromatic N) is 6. The van der Waals surface area contributed by atoms with Crippen molar-refractivity contribution in [3.63, 3.8) is 0 Å². The second-order valence-corrected chi connectivity index (χ2v) is 8.86. The van der Waals surface area contributed by atoms with E-state index in [0.29, 0.717) is 43.7 Å². The van der Waals surface area contributed by atoms with Gasteiger partial charge in [0.1, 0.15) is 11.6 Å². The van der Waals surface area contributed by atoms with Crippen molar-refractivity contribution in [1.29, 1.82) is 0 Å². The van der Waals surface area contributed by atoms with Crippen molar-refractivity contribution in [1.82, 2.24) is 19.9 Å². The van der Waals surface area contributed by atoms with Crippen molar-refractivity contribution in [3.05, 3.63) is 98.4 Å². The highest BCUT2D eigenvalue weighted by molar-refractivity contribution is 6.28. The number of benzene rings is 4. The SMILES string of the molecule is Fc1cc(N(c2cnco2)c2cnco2)c2ccc3c(F)cc(N(c4cnco4)c4cnco4)c4ccc1c2c34. The zero-order valence-corrected chi connectivity index (χ0v) is 20.2. The van der Waals surface area contributed by atoms with Crippen molar-refractivity contribution in [2.75, 3.05) is 9.80 Å². The fourth-order valence-corrected chi connectivity index (χ4v) is 5.21. The van der Waals surface area contributed by atoms with E-state index in [4.69, 9.17) is 17.7 Å². The Morgan fingerprint density at radius 1 is 0.475 bits per heavy atom. The average molecular weight is 536 g/mol. The normalized spacial score (nSPS) is 11.8. The highest BCUT2D eigenvalue weighted by Gasteiger charge is 2.27. The van der Waals surface area contributed by atoms with Crippen LogP contribution >= 0.6 is 0 Å². The van der Waals surface area contributed by atoms with E-state index in [0.717, 1.165) is 0 Å². The Kier molecular flexibility index (Phi) is 4.65. The van der Waals surface area contributed by atoms with Gasteiger partial charge in [0.05, 0.1) is 36.2 Å². The molecule has 4 aromatic carbocycles. The lowest BCUT2D eigenvalue weighted by molar-refractivity contribution is 0.531. The Labute approximate surface area is 222 Å². The van der Waals surface area contributed by atoms with E-state index < -0.39 is 11.6 Å². The van der Waals surface area contributed by atoms with Crippen molar-refractivity contribution < 1.29 is 26.4 Å². The predicted octanol–water partition coefficient (Wildman–Crippen LogP) is 7.75. The van der Waals surface area contributed by atoms with Gasteiger partial charge in [-0.15, -0.1) is 0 Å². The van der Waals surface area contributed by atoms with Crippen molar-refractivity contribution in [2.24, 2.45) is 0 Å². The third-order valence-electron chi connectivity index (χ3n) is 6.79. The maximum Gasteiger partial charge on any atom is 0.227 e. The minimum absolute atomic E-state index is 0.278. The number of hydrogen-bond acceptors (Lipinski definition) is 10. The van der Waals surface area contributed by atoms with Gasteiger partial charge in [-0.25, -0.2) is 38.5 Å². The van der Waals surface area contributed by atoms with Gasteiger partial charge in [0.25, 0.3) is 0 Å². The fraction of sp³-hybridized carbons (Fsp3) is 0. The second kappa shape index (κ2) is 8.36. The molecule has 0 unspecified atom stereocenters. The first-order valence-corrected chi connectivity index (χ1v) is 11.9. The van der Waals surface area contributed by atoms with Crippen LogP contribution in [-0.4, -0.2) is 19.9 Å². The van der Waals surface area contributed by atoms with Crippen LogP contribution in [0.5, 0.6) is 0 Å². The minimum Gasteiger partial charge on any atom is -0.427 e. The lowest BCUT2D eigenvalue weighted by Gasteiger charge is -2.24. The maximum absolute atomic E-state index is 15.9. The smallest absolute Gasteiger partial charge is 0.227 e. The first-order valence-electron chi connectivity index (χ1n) is 11.9. The molecule has 0 spiro atoms. The number of oxazole rings is 4. The lowest BCUT2D eigenvalue weighted by Crippen LogP contribution is -2.11. The number of halogens is 2. The first-order chi connectivity index (χ1) is 19.7. The molecule has 0 amide bonds. The molecule has 0 saturated carbocycles. The van der Waals surface area contributed by atoms with Crippen LogP contribution in [0.3, 0.4) is 0 Å². The van der Waals surface area contributed by atoms with Gasteiger partial charge >= 0.3 is 0 Å². The fourth-order valence-electron chi connectivity index (χ4n) is 5.21. The molecule has 4 heterocycles. The summed E-state index contributed by atoms with van der Waals surface area (Å²) in [7, 11) is 0. The predicted molar refractivity (Wildman–Crippen MR) is 140 cm³/mol. The topological polar surface area (TPSA) is 111 Å². The van der Waals surface area contributed by atoms with Gasteiger partial charge in [-0.1, -0.05) is 24.3 Å². The Balaban J connectivity index is 1.48. The third kappa shape index (κ3) is 3.13. The Morgan fingerprint density at radius 2 is 0.800 bits per heavy atom. The molecule has 8 aromatic rings. The van der Waals surface area contributed by atoms with Crippen LogP contribution in [0.4, 0.5) is 43.7 Å². The summed E-state index contributed by atoms with van der Waals surface area (Å²) in [5, 5.41) is 2.87. The summed E-state index contributed by atoms with van der Waals surface area (Å²) in [6.45, 7) is 0. The number of rotatable bonds is 6. The van der Waals surface area contributed by atoms with E-state index in [1.54, 1.807) is 34.1 Å². The van der Waals surface area contributed by atoms with Crippen LogP contribution in [0, 0.1) is 11.6 Å². The van der Waals surface area contributed by atoms with E-state index >= 15 is 8.78 Å². The van der Waals surface area contributed by atoms with Crippen molar-refractivity contribution in [2.45, 2.75) is 0 Å². The molecule has 0 aliphatic rings. The molecular weight excluding hydrogens is 522 g/mol. The highest BCUT2D eigenvalue weighted by atomic mass is 19.1. The molecule has 0 bridgehead atoms. The molecule has 12 heteroatoms. The first kappa shape index (κ1) is 22.2. The highest BCUT2D eigenvalue weighted by Crippen LogP contribution is 2.48. The summed E-state index contributed by atoms with van der Waals surface area (Å²) in [6.07, 6.45) is 10.9. The molecule has 0 atom stereocenters. The number of aromatic nitrogens is 4. The van der Waals surface area contributed by atoms with Gasteiger partial charge in [-0.2, -0.15) is 0 Å². The molecular formula is C28H14F2N6O4. The van der Waals surface area contributed by atoms with E-state index in [1.165, 1.54) is 62.5 Å². The second-order valence-electron chi connectivity index (χ2n) is 8.86. The van der Waals surface area contributed by atoms with Gasteiger partial charge in [-0.3, -0.25) is 0 Å². The summed E-state index contributed by atoms with van der Waals surface area (Å²) in [5.74, 6) is 0.0719. The van der Waals surface area contributed by atoms with Crippen LogP contribution in [0.1, 0.15) is 0 Å². The zero-order chi connectivity index (χ0) is 26.8. The molecule has 8 rings (SSSR count). The molecule has 10 nitrogen and oxygen atoms in total. The maximum atomic E-state index is 15.9. The molecule has 0 fully saturated rings. The Hall–Kier alpha value is -5.78. The molecule has 0 N–H and O–H groups in total. The minimum atomic E-state index is -0.519. The van der Waals surface area contributed by atoms with Crippen LogP contribution in [-0.2, 0) is 0 Å². The summed E-state index contributed by atoms with van der Waals surface area (Å²) in [6, 6.07) is 9.56. The molecule has 0 radical (unpaired) electrons. The van der Waals surface area contributed by atoms with Crippen LogP contribution in [0.2, 0.25) is 0 Å². The van der Waals surface area contributed by atoms with Gasteiger partial charge in [0.15, 0.2) is 25.6 Å².